The minimum atomic E-state index is -0.145. The molecular weight excluding hydrogens is 344 g/mol. The van der Waals surface area contributed by atoms with E-state index in [1.54, 1.807) is 14.1 Å². The minimum Gasteiger partial charge on any atom is -0.469 e. The number of likely N-dealkylation sites (N-methyl/N-ethyl adjacent to an activating group) is 1. The number of carbonyl (C=O) groups is 2. The third kappa shape index (κ3) is 6.58. The molecule has 1 aliphatic heterocycles. The summed E-state index contributed by atoms with van der Waals surface area (Å²) in [4.78, 5) is 31.8. The van der Waals surface area contributed by atoms with Crippen LogP contribution in [0.1, 0.15) is 18.4 Å². The lowest BCUT2D eigenvalue weighted by Gasteiger charge is -2.33. The fourth-order valence-electron chi connectivity index (χ4n) is 3.01. The zero-order chi connectivity index (χ0) is 19.6. The van der Waals surface area contributed by atoms with Gasteiger partial charge in [-0.15, -0.1) is 0 Å². The molecule has 2 rings (SSSR count). The fourth-order valence-corrected chi connectivity index (χ4v) is 3.01. The molecule has 0 atom stereocenters. The molecule has 0 aliphatic carbocycles. The number of amides is 1. The number of carbonyl (C=O) groups excluding carboxylic acids is 2. The number of nitrogens with zero attached hydrogens (tertiary/aromatic N) is 3. The van der Waals surface area contributed by atoms with Crippen LogP contribution in [-0.4, -0.2) is 75.0 Å². The molecule has 0 aromatic heterocycles. The van der Waals surface area contributed by atoms with Crippen molar-refractivity contribution in [2.75, 3.05) is 47.4 Å². The summed E-state index contributed by atoms with van der Waals surface area (Å²) in [6.07, 6.45) is 2.33. The molecule has 148 valence electrons. The van der Waals surface area contributed by atoms with E-state index in [9.17, 15) is 9.59 Å². The summed E-state index contributed by atoms with van der Waals surface area (Å²) < 4.78 is 4.85. The topological polar surface area (TPSA) is 74.2 Å². The molecule has 1 aromatic carbocycles. The van der Waals surface area contributed by atoms with E-state index in [0.29, 0.717) is 13.1 Å². The Morgan fingerprint density at radius 1 is 1.22 bits per heavy atom. The quantitative estimate of drug-likeness (QED) is 0.459. The molecule has 0 bridgehead atoms. The molecule has 1 fully saturated rings. The fraction of sp³-hybridized carbons (Fsp3) is 0.550. The second-order valence-corrected chi connectivity index (χ2v) is 6.87. The van der Waals surface area contributed by atoms with Gasteiger partial charge in [-0.05, 0) is 24.8 Å². The Morgan fingerprint density at radius 2 is 1.89 bits per heavy atom. The van der Waals surface area contributed by atoms with E-state index in [4.69, 9.17) is 4.74 Å². The predicted molar refractivity (Wildman–Crippen MR) is 105 cm³/mol. The van der Waals surface area contributed by atoms with Crippen molar-refractivity contribution in [3.63, 3.8) is 0 Å². The van der Waals surface area contributed by atoms with Gasteiger partial charge >= 0.3 is 5.97 Å². The van der Waals surface area contributed by atoms with E-state index < -0.39 is 0 Å². The SMILES string of the molecule is COC(=O)C1CCN(C(=NCC(=O)N(C)C)NCCc2ccccc2)CC1. The summed E-state index contributed by atoms with van der Waals surface area (Å²) in [5.41, 5.74) is 1.25. The first kappa shape index (κ1) is 20.7. The number of likely N-dealkylation sites (tertiary alicyclic amines) is 1. The molecule has 1 N–H and O–H groups in total. The third-order valence-electron chi connectivity index (χ3n) is 4.73. The van der Waals surface area contributed by atoms with E-state index in [1.165, 1.54) is 17.6 Å². The highest BCUT2D eigenvalue weighted by molar-refractivity contribution is 5.85. The molecule has 1 saturated heterocycles. The van der Waals surface area contributed by atoms with Crippen LogP contribution >= 0.6 is 0 Å². The van der Waals surface area contributed by atoms with Crippen molar-refractivity contribution >= 4 is 17.8 Å². The van der Waals surface area contributed by atoms with Crippen LogP contribution in [0, 0.1) is 5.92 Å². The van der Waals surface area contributed by atoms with E-state index in [-0.39, 0.29) is 24.3 Å². The molecular formula is C20H30N4O3. The van der Waals surface area contributed by atoms with Gasteiger partial charge in [0.05, 0.1) is 13.0 Å². The van der Waals surface area contributed by atoms with Gasteiger partial charge in [-0.1, -0.05) is 30.3 Å². The van der Waals surface area contributed by atoms with Gasteiger partial charge in [0.1, 0.15) is 6.54 Å². The van der Waals surface area contributed by atoms with Gasteiger partial charge in [-0.2, -0.15) is 0 Å². The molecule has 1 heterocycles. The summed E-state index contributed by atoms with van der Waals surface area (Å²) in [5, 5.41) is 3.38. The lowest BCUT2D eigenvalue weighted by Crippen LogP contribution is -2.47. The van der Waals surface area contributed by atoms with Crippen molar-refractivity contribution < 1.29 is 14.3 Å². The first-order valence-electron chi connectivity index (χ1n) is 9.36. The first-order chi connectivity index (χ1) is 13.0. The molecule has 1 amide bonds. The van der Waals surface area contributed by atoms with Gasteiger partial charge in [0.25, 0.3) is 0 Å². The lowest BCUT2D eigenvalue weighted by molar-refractivity contribution is -0.146. The Balaban J connectivity index is 1.96. The molecule has 1 aromatic rings. The maximum Gasteiger partial charge on any atom is 0.308 e. The number of benzene rings is 1. The van der Waals surface area contributed by atoms with E-state index in [2.05, 4.69) is 27.3 Å². The second kappa shape index (κ2) is 10.5. The van der Waals surface area contributed by atoms with Crippen molar-refractivity contribution in [2.24, 2.45) is 10.9 Å². The molecule has 0 unspecified atom stereocenters. The summed E-state index contributed by atoms with van der Waals surface area (Å²) in [7, 11) is 4.88. The summed E-state index contributed by atoms with van der Waals surface area (Å²) in [6, 6.07) is 10.2. The van der Waals surface area contributed by atoms with Crippen LogP contribution in [-0.2, 0) is 20.7 Å². The number of piperidine rings is 1. The monoisotopic (exact) mass is 374 g/mol. The summed E-state index contributed by atoms with van der Waals surface area (Å²) in [5.74, 6) is 0.486. The van der Waals surface area contributed by atoms with Crippen molar-refractivity contribution in [3.8, 4) is 0 Å². The normalized spacial score (nSPS) is 15.4. The van der Waals surface area contributed by atoms with Crippen LogP contribution in [0.2, 0.25) is 0 Å². The van der Waals surface area contributed by atoms with Crippen molar-refractivity contribution in [1.82, 2.24) is 15.1 Å². The highest BCUT2D eigenvalue weighted by Gasteiger charge is 2.27. The van der Waals surface area contributed by atoms with Gasteiger partial charge in [-0.3, -0.25) is 9.59 Å². The average Bonchev–Trinajstić information content (AvgIpc) is 2.70. The average molecular weight is 374 g/mol. The largest absolute Gasteiger partial charge is 0.469 e. The van der Waals surface area contributed by atoms with Gasteiger partial charge in [0, 0.05) is 33.7 Å². The Morgan fingerprint density at radius 3 is 2.48 bits per heavy atom. The van der Waals surface area contributed by atoms with Crippen molar-refractivity contribution in [1.29, 1.82) is 0 Å². The maximum absolute atomic E-state index is 11.9. The molecule has 27 heavy (non-hydrogen) atoms. The number of rotatable bonds is 6. The lowest BCUT2D eigenvalue weighted by atomic mass is 9.97. The molecule has 7 nitrogen and oxygen atoms in total. The van der Waals surface area contributed by atoms with E-state index in [0.717, 1.165) is 31.8 Å². The number of methoxy groups -OCH3 is 1. The molecule has 1 aliphatic rings. The van der Waals surface area contributed by atoms with E-state index >= 15 is 0 Å². The van der Waals surface area contributed by atoms with Crippen molar-refractivity contribution in [2.45, 2.75) is 19.3 Å². The summed E-state index contributed by atoms with van der Waals surface area (Å²) in [6.45, 7) is 2.27. The molecule has 7 heteroatoms. The molecule has 0 saturated carbocycles. The number of guanidine groups is 1. The van der Waals surface area contributed by atoms with Crippen LogP contribution < -0.4 is 5.32 Å². The smallest absolute Gasteiger partial charge is 0.308 e. The second-order valence-electron chi connectivity index (χ2n) is 6.87. The zero-order valence-corrected chi connectivity index (χ0v) is 16.5. The Hall–Kier alpha value is -2.57. The number of esters is 1. The Bertz CT molecular complexity index is 638. The number of ether oxygens (including phenoxy) is 1. The zero-order valence-electron chi connectivity index (χ0n) is 16.5. The first-order valence-corrected chi connectivity index (χ1v) is 9.36. The maximum atomic E-state index is 11.9. The van der Waals surface area contributed by atoms with Crippen LogP contribution in [0.4, 0.5) is 0 Å². The number of aliphatic imine (C=N–C) groups is 1. The van der Waals surface area contributed by atoms with Crippen LogP contribution in [0.5, 0.6) is 0 Å². The number of hydrogen-bond donors (Lipinski definition) is 1. The Kier molecular flexibility index (Phi) is 8.10. The predicted octanol–water partition coefficient (Wildman–Crippen LogP) is 1.15. The Labute approximate surface area is 161 Å². The standard InChI is InChI=1S/C20H30N4O3/c1-23(2)18(25)15-22-20(21-12-9-16-7-5-4-6-8-16)24-13-10-17(11-14-24)19(26)27-3/h4-8,17H,9-15H2,1-3H3,(H,21,22). The van der Waals surface area contributed by atoms with Gasteiger partial charge in [0.15, 0.2) is 5.96 Å². The molecule has 0 radical (unpaired) electrons. The number of hydrogen-bond acceptors (Lipinski definition) is 4. The minimum absolute atomic E-state index is 0.0400. The summed E-state index contributed by atoms with van der Waals surface area (Å²) >= 11 is 0. The highest BCUT2D eigenvalue weighted by Crippen LogP contribution is 2.18. The van der Waals surface area contributed by atoms with Gasteiger partial charge < -0.3 is 19.9 Å². The third-order valence-corrected chi connectivity index (χ3v) is 4.73. The highest BCUT2D eigenvalue weighted by atomic mass is 16.5. The van der Waals surface area contributed by atoms with E-state index in [1.807, 2.05) is 18.2 Å². The van der Waals surface area contributed by atoms with Gasteiger partial charge in [0.2, 0.25) is 5.91 Å². The van der Waals surface area contributed by atoms with Gasteiger partial charge in [-0.25, -0.2) is 4.99 Å². The van der Waals surface area contributed by atoms with Crippen LogP contribution in [0.15, 0.2) is 35.3 Å². The van der Waals surface area contributed by atoms with Crippen LogP contribution in [0.25, 0.3) is 0 Å². The van der Waals surface area contributed by atoms with Crippen LogP contribution in [0.3, 0.4) is 0 Å². The molecule has 0 spiro atoms. The number of nitrogens with one attached hydrogen (secondary N) is 1. The van der Waals surface area contributed by atoms with Crippen molar-refractivity contribution in [3.05, 3.63) is 35.9 Å².